The minimum Gasteiger partial charge on any atom is -0.464 e. The van der Waals surface area contributed by atoms with E-state index in [1.54, 1.807) is 6.26 Å². The fraction of sp³-hybridized carbons (Fsp3) is 0.478. The highest BCUT2D eigenvalue weighted by molar-refractivity contribution is 5.97. The molecule has 1 N–H and O–H groups in total. The molecule has 0 atom stereocenters. The number of hydrogen-bond donors (Lipinski definition) is 1. The monoisotopic (exact) mass is 392 g/mol. The Morgan fingerprint density at radius 1 is 1.24 bits per heavy atom. The van der Waals surface area contributed by atoms with Crippen LogP contribution in [-0.4, -0.2) is 51.9 Å². The van der Waals surface area contributed by atoms with Crippen LogP contribution in [0, 0.1) is 5.92 Å². The number of carbonyl (C=O) groups excluding carboxylic acids is 1. The Kier molecular flexibility index (Phi) is 4.46. The third-order valence-electron chi connectivity index (χ3n) is 6.56. The molecule has 1 saturated heterocycles. The number of carbonyl (C=O) groups is 1. The number of nitrogens with zero attached hydrogens (tertiary/aromatic N) is 3. The summed E-state index contributed by atoms with van der Waals surface area (Å²) in [4.78, 5) is 25.9. The van der Waals surface area contributed by atoms with E-state index < -0.39 is 0 Å². The summed E-state index contributed by atoms with van der Waals surface area (Å²) < 4.78 is 5.40. The summed E-state index contributed by atoms with van der Waals surface area (Å²) in [7, 11) is 0. The Balaban J connectivity index is 1.38. The van der Waals surface area contributed by atoms with E-state index in [-0.39, 0.29) is 11.4 Å². The van der Waals surface area contributed by atoms with E-state index in [2.05, 4.69) is 23.7 Å². The zero-order chi connectivity index (χ0) is 20.0. The van der Waals surface area contributed by atoms with Crippen molar-refractivity contribution in [3.05, 3.63) is 53.8 Å². The molecule has 3 aromatic rings. The van der Waals surface area contributed by atoms with Crippen LogP contribution in [0.2, 0.25) is 0 Å². The Hall–Kier alpha value is -2.60. The quantitative estimate of drug-likeness (QED) is 0.736. The summed E-state index contributed by atoms with van der Waals surface area (Å²) in [5.41, 5.74) is 3.98. The predicted octanol–water partition coefficient (Wildman–Crippen LogP) is 3.80. The van der Waals surface area contributed by atoms with Gasteiger partial charge in [-0.05, 0) is 43.0 Å². The van der Waals surface area contributed by atoms with Gasteiger partial charge in [0.15, 0.2) is 0 Å². The summed E-state index contributed by atoms with van der Waals surface area (Å²) in [6.45, 7) is 8.18. The average molecular weight is 393 g/mol. The van der Waals surface area contributed by atoms with Crippen LogP contribution in [0.5, 0.6) is 0 Å². The molecule has 0 radical (unpaired) electrons. The van der Waals surface area contributed by atoms with Crippen molar-refractivity contribution >= 4 is 16.9 Å². The molecule has 1 fully saturated rings. The minimum absolute atomic E-state index is 0.0524. The number of rotatable bonds is 3. The molecule has 0 aliphatic carbocycles. The molecule has 5 rings (SSSR count). The maximum atomic E-state index is 13.2. The maximum absolute atomic E-state index is 13.2. The van der Waals surface area contributed by atoms with Gasteiger partial charge >= 0.3 is 0 Å². The van der Waals surface area contributed by atoms with Crippen LogP contribution in [0.4, 0.5) is 0 Å². The number of likely N-dealkylation sites (tertiary alicyclic amines) is 1. The second kappa shape index (κ2) is 7.02. The lowest BCUT2D eigenvalue weighted by molar-refractivity contribution is 0.000624. The van der Waals surface area contributed by atoms with E-state index in [9.17, 15) is 4.79 Å². The molecule has 152 valence electrons. The first kappa shape index (κ1) is 18.4. The molecular weight excluding hydrogens is 364 g/mol. The van der Waals surface area contributed by atoms with Crippen molar-refractivity contribution in [2.45, 2.75) is 38.6 Å². The summed E-state index contributed by atoms with van der Waals surface area (Å²) in [6, 6.07) is 7.59. The molecule has 6 heteroatoms. The number of benzene rings is 1. The molecule has 29 heavy (non-hydrogen) atoms. The van der Waals surface area contributed by atoms with E-state index in [0.29, 0.717) is 5.92 Å². The van der Waals surface area contributed by atoms with Crippen LogP contribution in [0.1, 0.15) is 48.4 Å². The molecule has 2 aliphatic heterocycles. The fourth-order valence-electron chi connectivity index (χ4n) is 5.14. The first-order valence-electron chi connectivity index (χ1n) is 10.6. The van der Waals surface area contributed by atoms with Crippen molar-refractivity contribution in [3.63, 3.8) is 0 Å². The lowest BCUT2D eigenvalue weighted by Crippen LogP contribution is -2.57. The second-order valence-corrected chi connectivity index (χ2v) is 8.82. The van der Waals surface area contributed by atoms with Crippen molar-refractivity contribution in [2.75, 3.05) is 26.2 Å². The van der Waals surface area contributed by atoms with Crippen molar-refractivity contribution in [2.24, 2.45) is 5.92 Å². The first-order chi connectivity index (χ1) is 14.1. The predicted molar refractivity (Wildman–Crippen MR) is 112 cm³/mol. The number of H-pyrrole nitrogens is 1. The number of imidazole rings is 1. The molecule has 0 unspecified atom stereocenters. The van der Waals surface area contributed by atoms with Gasteiger partial charge in [0.1, 0.15) is 5.58 Å². The normalized spacial score (nSPS) is 19.2. The Labute approximate surface area is 170 Å². The fourth-order valence-corrected chi connectivity index (χ4v) is 5.14. The van der Waals surface area contributed by atoms with Crippen LogP contribution >= 0.6 is 0 Å². The van der Waals surface area contributed by atoms with Gasteiger partial charge in [-0.15, -0.1) is 0 Å². The zero-order valence-corrected chi connectivity index (χ0v) is 17.1. The molecule has 1 spiro atoms. The van der Waals surface area contributed by atoms with Crippen molar-refractivity contribution in [1.82, 2.24) is 19.8 Å². The third kappa shape index (κ3) is 3.06. The SMILES string of the molecule is CC(C)CN1CCc2[nH]cnc2C12CCN(C(=O)c1ccc3occc3c1)CC2. The van der Waals surface area contributed by atoms with Gasteiger partial charge < -0.3 is 14.3 Å². The molecule has 1 aromatic carbocycles. The highest BCUT2D eigenvalue weighted by atomic mass is 16.3. The van der Waals surface area contributed by atoms with Crippen LogP contribution in [0.25, 0.3) is 11.0 Å². The summed E-state index contributed by atoms with van der Waals surface area (Å²) in [6.07, 6.45) is 6.38. The first-order valence-corrected chi connectivity index (χ1v) is 10.6. The number of aromatic amines is 1. The summed E-state index contributed by atoms with van der Waals surface area (Å²) >= 11 is 0. The minimum atomic E-state index is -0.0524. The van der Waals surface area contributed by atoms with Gasteiger partial charge in [0.25, 0.3) is 5.91 Å². The Morgan fingerprint density at radius 3 is 2.86 bits per heavy atom. The van der Waals surface area contributed by atoms with Gasteiger partial charge in [-0.1, -0.05) is 13.8 Å². The number of nitrogens with one attached hydrogen (secondary N) is 1. The maximum Gasteiger partial charge on any atom is 0.253 e. The number of hydrogen-bond acceptors (Lipinski definition) is 4. The largest absolute Gasteiger partial charge is 0.464 e. The van der Waals surface area contributed by atoms with Gasteiger partial charge in [0.05, 0.1) is 23.8 Å². The smallest absolute Gasteiger partial charge is 0.253 e. The lowest BCUT2D eigenvalue weighted by Gasteiger charge is -2.51. The molecule has 1 amide bonds. The highest BCUT2D eigenvalue weighted by Gasteiger charge is 2.47. The molecular formula is C23H28N4O2. The lowest BCUT2D eigenvalue weighted by atomic mass is 9.78. The average Bonchev–Trinajstić information content (AvgIpc) is 3.39. The number of fused-ring (bicyclic) bond motifs is 3. The number of amides is 1. The van der Waals surface area contributed by atoms with Gasteiger partial charge in [-0.25, -0.2) is 4.98 Å². The second-order valence-electron chi connectivity index (χ2n) is 8.82. The third-order valence-corrected chi connectivity index (χ3v) is 6.56. The Morgan fingerprint density at radius 2 is 2.07 bits per heavy atom. The van der Waals surface area contributed by atoms with Crippen molar-refractivity contribution < 1.29 is 9.21 Å². The molecule has 4 heterocycles. The number of piperidine rings is 1. The van der Waals surface area contributed by atoms with Crippen LogP contribution in [0.3, 0.4) is 0 Å². The Bertz CT molecular complexity index is 1030. The molecule has 2 aromatic heterocycles. The number of furan rings is 1. The van der Waals surface area contributed by atoms with E-state index >= 15 is 0 Å². The van der Waals surface area contributed by atoms with Crippen LogP contribution in [0.15, 0.2) is 41.3 Å². The molecule has 2 aliphatic rings. The van der Waals surface area contributed by atoms with Crippen molar-refractivity contribution in [1.29, 1.82) is 0 Å². The summed E-state index contributed by atoms with van der Waals surface area (Å²) in [5.74, 6) is 0.713. The van der Waals surface area contributed by atoms with E-state index in [0.717, 1.165) is 62.0 Å². The highest BCUT2D eigenvalue weighted by Crippen LogP contribution is 2.42. The molecule has 0 saturated carbocycles. The standard InChI is InChI=1S/C23H28N4O2/c1-16(2)14-27-9-5-19-21(25-15-24-19)23(27)7-10-26(11-8-23)22(28)18-3-4-20-17(13-18)6-12-29-20/h3-4,6,12-13,15-16H,5,7-11,14H2,1-2H3,(H,24,25). The topological polar surface area (TPSA) is 65.4 Å². The van der Waals surface area contributed by atoms with Crippen molar-refractivity contribution in [3.8, 4) is 0 Å². The molecule has 0 bridgehead atoms. The van der Waals surface area contributed by atoms with Gasteiger partial charge in [-0.3, -0.25) is 9.69 Å². The van der Waals surface area contributed by atoms with Crippen LogP contribution in [-0.2, 0) is 12.0 Å². The van der Waals surface area contributed by atoms with Crippen LogP contribution < -0.4 is 0 Å². The van der Waals surface area contributed by atoms with E-state index in [1.807, 2.05) is 35.5 Å². The van der Waals surface area contributed by atoms with Gasteiger partial charge in [0, 0.05) is 49.2 Å². The van der Waals surface area contributed by atoms with E-state index in [4.69, 9.17) is 9.40 Å². The van der Waals surface area contributed by atoms with E-state index in [1.165, 1.54) is 11.4 Å². The summed E-state index contributed by atoms with van der Waals surface area (Å²) in [5, 5.41) is 0.973. The molecule has 6 nitrogen and oxygen atoms in total. The van der Waals surface area contributed by atoms with Gasteiger partial charge in [0.2, 0.25) is 0 Å². The zero-order valence-electron chi connectivity index (χ0n) is 17.1. The number of aromatic nitrogens is 2. The van der Waals surface area contributed by atoms with Gasteiger partial charge in [-0.2, -0.15) is 0 Å².